The third-order valence-corrected chi connectivity index (χ3v) is 4.27. The average molecular weight is 430 g/mol. The summed E-state index contributed by atoms with van der Waals surface area (Å²) in [7, 11) is 0. The van der Waals surface area contributed by atoms with Crippen molar-refractivity contribution in [1.29, 1.82) is 0 Å². The lowest BCUT2D eigenvalue weighted by molar-refractivity contribution is 0.0998. The zero-order valence-electron chi connectivity index (χ0n) is 11.4. The third-order valence-electron chi connectivity index (χ3n) is 3.28. The van der Waals surface area contributed by atoms with Gasteiger partial charge in [0, 0.05) is 14.5 Å². The zero-order valence-corrected chi connectivity index (χ0v) is 14.3. The highest BCUT2D eigenvalue weighted by Crippen LogP contribution is 2.28. The van der Waals surface area contributed by atoms with E-state index >= 15 is 0 Å². The molecule has 3 rings (SSSR count). The lowest BCUT2D eigenvalue weighted by Gasteiger charge is -2.06. The minimum absolute atomic E-state index is 0.148. The van der Waals surface area contributed by atoms with Crippen LogP contribution >= 0.6 is 34.2 Å². The predicted octanol–water partition coefficient (Wildman–Crippen LogP) is 5.39. The standard InChI is InChI=1S/C16H10ClFINO2/c1-8-11-6-9(18)2-5-14(11)22-15(8)16(21)20-13-4-3-10(19)7-12(13)17/h2-7H,1H3,(H,20,21). The second kappa shape index (κ2) is 5.89. The number of furan rings is 1. The van der Waals surface area contributed by atoms with E-state index in [9.17, 15) is 9.18 Å². The number of fused-ring (bicyclic) bond motifs is 1. The maximum atomic E-state index is 13.3. The molecule has 0 saturated carbocycles. The Bertz CT molecular complexity index is 891. The largest absolute Gasteiger partial charge is 0.451 e. The van der Waals surface area contributed by atoms with E-state index in [0.29, 0.717) is 27.2 Å². The van der Waals surface area contributed by atoms with Gasteiger partial charge in [-0.1, -0.05) is 11.6 Å². The number of carbonyl (C=O) groups is 1. The molecule has 22 heavy (non-hydrogen) atoms. The van der Waals surface area contributed by atoms with Crippen LogP contribution in [0.15, 0.2) is 40.8 Å². The lowest BCUT2D eigenvalue weighted by Crippen LogP contribution is -2.12. The van der Waals surface area contributed by atoms with E-state index in [2.05, 4.69) is 27.9 Å². The number of nitrogens with one attached hydrogen (secondary N) is 1. The first-order valence-electron chi connectivity index (χ1n) is 6.41. The van der Waals surface area contributed by atoms with Gasteiger partial charge in [0.2, 0.25) is 0 Å². The van der Waals surface area contributed by atoms with E-state index in [0.717, 1.165) is 3.57 Å². The number of rotatable bonds is 2. The molecule has 1 heterocycles. The molecule has 0 aliphatic carbocycles. The van der Waals surface area contributed by atoms with Crippen molar-refractivity contribution in [2.24, 2.45) is 0 Å². The van der Waals surface area contributed by atoms with Crippen LogP contribution < -0.4 is 5.32 Å². The smallest absolute Gasteiger partial charge is 0.291 e. The van der Waals surface area contributed by atoms with Crippen LogP contribution in [0.25, 0.3) is 11.0 Å². The van der Waals surface area contributed by atoms with Crippen LogP contribution in [0.1, 0.15) is 16.1 Å². The van der Waals surface area contributed by atoms with Crippen LogP contribution in [0.2, 0.25) is 5.02 Å². The Morgan fingerprint density at radius 2 is 2.05 bits per heavy atom. The number of hydrogen-bond donors (Lipinski definition) is 1. The second-order valence-corrected chi connectivity index (χ2v) is 6.43. The summed E-state index contributed by atoms with van der Waals surface area (Å²) in [5.74, 6) is -0.642. The summed E-state index contributed by atoms with van der Waals surface area (Å²) in [6.45, 7) is 1.72. The van der Waals surface area contributed by atoms with Crippen LogP contribution in [0.3, 0.4) is 0 Å². The molecule has 0 saturated heterocycles. The van der Waals surface area contributed by atoms with Crippen molar-refractivity contribution in [3.63, 3.8) is 0 Å². The number of benzene rings is 2. The molecular weight excluding hydrogens is 420 g/mol. The number of hydrogen-bond acceptors (Lipinski definition) is 2. The highest BCUT2D eigenvalue weighted by molar-refractivity contribution is 14.1. The molecule has 0 unspecified atom stereocenters. The van der Waals surface area contributed by atoms with E-state index in [1.807, 2.05) is 6.07 Å². The molecule has 0 aliphatic heterocycles. The van der Waals surface area contributed by atoms with Crippen molar-refractivity contribution in [1.82, 2.24) is 0 Å². The molecule has 112 valence electrons. The Balaban J connectivity index is 1.97. The highest BCUT2D eigenvalue weighted by Gasteiger charge is 2.19. The number of amides is 1. The van der Waals surface area contributed by atoms with Crippen LogP contribution in [0, 0.1) is 16.3 Å². The molecule has 0 fully saturated rings. The average Bonchev–Trinajstić information content (AvgIpc) is 2.79. The van der Waals surface area contributed by atoms with Crippen LogP contribution in [0.5, 0.6) is 0 Å². The van der Waals surface area contributed by atoms with Gasteiger partial charge in [0.25, 0.3) is 5.91 Å². The Kier molecular flexibility index (Phi) is 4.10. The summed E-state index contributed by atoms with van der Waals surface area (Å²) >= 11 is 8.23. The first-order valence-corrected chi connectivity index (χ1v) is 7.86. The molecule has 1 N–H and O–H groups in total. The van der Waals surface area contributed by atoms with Gasteiger partial charge < -0.3 is 9.73 Å². The van der Waals surface area contributed by atoms with Gasteiger partial charge in [0.05, 0.1) is 10.7 Å². The van der Waals surface area contributed by atoms with Gasteiger partial charge in [-0.3, -0.25) is 4.79 Å². The Hall–Kier alpha value is -1.60. The molecule has 2 aromatic carbocycles. The molecule has 6 heteroatoms. The number of carbonyl (C=O) groups excluding carboxylic acids is 1. The molecule has 3 nitrogen and oxygen atoms in total. The summed E-state index contributed by atoms with van der Waals surface area (Å²) in [5.41, 5.74) is 1.56. The van der Waals surface area contributed by atoms with Gasteiger partial charge in [-0.25, -0.2) is 4.39 Å². The fraction of sp³-hybridized carbons (Fsp3) is 0.0625. The first kappa shape index (κ1) is 15.3. The third kappa shape index (κ3) is 2.83. The maximum Gasteiger partial charge on any atom is 0.291 e. The topological polar surface area (TPSA) is 42.2 Å². The van der Waals surface area contributed by atoms with Gasteiger partial charge in [-0.2, -0.15) is 0 Å². The second-order valence-electron chi connectivity index (χ2n) is 4.77. The molecule has 0 radical (unpaired) electrons. The summed E-state index contributed by atoms with van der Waals surface area (Å²) in [6.07, 6.45) is 0. The van der Waals surface area contributed by atoms with E-state index < -0.39 is 5.91 Å². The van der Waals surface area contributed by atoms with Gasteiger partial charge in [-0.15, -0.1) is 0 Å². The van der Waals surface area contributed by atoms with E-state index in [1.54, 1.807) is 19.1 Å². The van der Waals surface area contributed by atoms with Crippen molar-refractivity contribution in [2.75, 3.05) is 5.32 Å². The van der Waals surface area contributed by atoms with E-state index in [4.69, 9.17) is 16.0 Å². The van der Waals surface area contributed by atoms with Crippen LogP contribution in [-0.2, 0) is 0 Å². The Labute approximate surface area is 144 Å². The van der Waals surface area contributed by atoms with Crippen molar-refractivity contribution in [3.05, 3.63) is 62.1 Å². The highest BCUT2D eigenvalue weighted by atomic mass is 127. The lowest BCUT2D eigenvalue weighted by atomic mass is 10.1. The SMILES string of the molecule is Cc1c(C(=O)Nc2ccc(I)cc2Cl)oc2ccc(F)cc12. The predicted molar refractivity (Wildman–Crippen MR) is 93.0 cm³/mol. The van der Waals surface area contributed by atoms with Crippen LogP contribution in [0.4, 0.5) is 10.1 Å². The maximum absolute atomic E-state index is 13.3. The summed E-state index contributed by atoms with van der Waals surface area (Å²) < 4.78 is 19.8. The molecule has 0 atom stereocenters. The van der Waals surface area contributed by atoms with Gasteiger partial charge in [0.1, 0.15) is 11.4 Å². The number of anilines is 1. The number of halogens is 3. The monoisotopic (exact) mass is 429 g/mol. The van der Waals surface area contributed by atoms with Crippen molar-refractivity contribution >= 4 is 56.8 Å². The van der Waals surface area contributed by atoms with Gasteiger partial charge in [0.15, 0.2) is 5.76 Å². The fourth-order valence-electron chi connectivity index (χ4n) is 2.18. The molecular formula is C16H10ClFINO2. The quantitative estimate of drug-likeness (QED) is 0.555. The van der Waals surface area contributed by atoms with E-state index in [-0.39, 0.29) is 11.6 Å². The molecule has 3 aromatic rings. The van der Waals surface area contributed by atoms with Crippen LogP contribution in [-0.4, -0.2) is 5.91 Å². The Morgan fingerprint density at radius 3 is 2.77 bits per heavy atom. The molecule has 0 aliphatic rings. The van der Waals surface area contributed by atoms with Gasteiger partial charge in [-0.05, 0) is 65.9 Å². The minimum Gasteiger partial charge on any atom is -0.451 e. The molecule has 1 amide bonds. The van der Waals surface area contributed by atoms with E-state index in [1.165, 1.54) is 18.2 Å². The summed E-state index contributed by atoms with van der Waals surface area (Å²) in [4.78, 5) is 12.4. The van der Waals surface area contributed by atoms with Gasteiger partial charge >= 0.3 is 0 Å². The molecule has 1 aromatic heterocycles. The minimum atomic E-state index is -0.419. The first-order chi connectivity index (χ1) is 10.5. The molecule has 0 bridgehead atoms. The normalized spacial score (nSPS) is 10.9. The molecule has 0 spiro atoms. The van der Waals surface area contributed by atoms with Crippen molar-refractivity contribution in [3.8, 4) is 0 Å². The zero-order chi connectivity index (χ0) is 15.9. The summed E-state index contributed by atoms with van der Waals surface area (Å²) in [6, 6.07) is 9.46. The number of aryl methyl sites for hydroxylation is 1. The fourth-order valence-corrected chi connectivity index (χ4v) is 3.08. The van der Waals surface area contributed by atoms with Crippen molar-refractivity contribution < 1.29 is 13.6 Å². The summed E-state index contributed by atoms with van der Waals surface area (Å²) in [5, 5.41) is 3.74. The van der Waals surface area contributed by atoms with Crippen molar-refractivity contribution in [2.45, 2.75) is 6.92 Å². The Morgan fingerprint density at radius 1 is 1.27 bits per heavy atom.